The lowest BCUT2D eigenvalue weighted by Crippen LogP contribution is -1.98. The van der Waals surface area contributed by atoms with E-state index in [4.69, 9.17) is 11.6 Å². The number of hydrogen-bond donors (Lipinski definition) is 0. The molecule has 4 rings (SSSR count). The molecule has 4 nitrogen and oxygen atoms in total. The van der Waals surface area contributed by atoms with Crippen molar-refractivity contribution in [3.05, 3.63) is 59.0 Å². The zero-order valence-corrected chi connectivity index (χ0v) is 12.6. The smallest absolute Gasteiger partial charge is 0.165 e. The van der Waals surface area contributed by atoms with Crippen molar-refractivity contribution < 1.29 is 8.78 Å². The van der Waals surface area contributed by atoms with Crippen molar-refractivity contribution in [2.75, 3.05) is 0 Å². The fourth-order valence-corrected chi connectivity index (χ4v) is 2.97. The number of aryl methyl sites for hydroxylation is 1. The van der Waals surface area contributed by atoms with Gasteiger partial charge in [0, 0.05) is 23.8 Å². The van der Waals surface area contributed by atoms with Crippen molar-refractivity contribution in [3.8, 4) is 5.69 Å². The number of aromatic nitrogens is 4. The van der Waals surface area contributed by atoms with Gasteiger partial charge < -0.3 is 0 Å². The second kappa shape index (κ2) is 4.96. The molecule has 0 radical (unpaired) electrons. The Morgan fingerprint density at radius 2 is 1.78 bits per heavy atom. The normalized spacial score (nSPS) is 11.5. The molecule has 0 amide bonds. The summed E-state index contributed by atoms with van der Waals surface area (Å²) in [5.74, 6) is -1.92. The van der Waals surface area contributed by atoms with Gasteiger partial charge in [0.05, 0.1) is 27.3 Å². The van der Waals surface area contributed by atoms with Crippen LogP contribution in [0.2, 0.25) is 5.02 Å². The number of rotatable bonds is 1. The summed E-state index contributed by atoms with van der Waals surface area (Å²) in [7, 11) is 0. The number of fused-ring (bicyclic) bond motifs is 2. The summed E-state index contributed by atoms with van der Waals surface area (Å²) in [6, 6.07) is 5.64. The molecule has 7 heteroatoms. The van der Waals surface area contributed by atoms with Crippen molar-refractivity contribution >= 4 is 33.5 Å². The van der Waals surface area contributed by atoms with E-state index in [9.17, 15) is 8.78 Å². The van der Waals surface area contributed by atoms with Gasteiger partial charge in [-0.25, -0.2) is 18.4 Å². The highest BCUT2D eigenvalue weighted by Gasteiger charge is 2.18. The van der Waals surface area contributed by atoms with Crippen LogP contribution in [0.25, 0.3) is 27.6 Å². The van der Waals surface area contributed by atoms with Gasteiger partial charge in [-0.1, -0.05) is 11.6 Å². The Morgan fingerprint density at radius 3 is 2.52 bits per heavy atom. The number of nitrogens with zero attached hydrogens (tertiary/aromatic N) is 4. The fraction of sp³-hybridized carbons (Fsp3) is 0.0625. The summed E-state index contributed by atoms with van der Waals surface area (Å²) >= 11 is 6.41. The van der Waals surface area contributed by atoms with Crippen molar-refractivity contribution in [2.24, 2.45) is 0 Å². The number of hydrogen-bond acceptors (Lipinski definition) is 3. The average molecular weight is 331 g/mol. The van der Waals surface area contributed by atoms with Gasteiger partial charge in [-0.3, -0.25) is 4.98 Å². The highest BCUT2D eigenvalue weighted by molar-refractivity contribution is 6.40. The first-order chi connectivity index (χ1) is 11.1. The topological polar surface area (TPSA) is 43.6 Å². The summed E-state index contributed by atoms with van der Waals surface area (Å²) < 4.78 is 28.6. The minimum Gasteiger partial charge on any atom is -0.265 e. The van der Waals surface area contributed by atoms with Gasteiger partial charge in [-0.2, -0.15) is 5.10 Å². The van der Waals surface area contributed by atoms with E-state index in [1.807, 2.05) is 0 Å². The van der Waals surface area contributed by atoms with E-state index in [1.165, 1.54) is 0 Å². The molecule has 3 heterocycles. The Balaban J connectivity index is 2.15. The van der Waals surface area contributed by atoms with E-state index in [0.717, 1.165) is 17.8 Å². The van der Waals surface area contributed by atoms with Crippen LogP contribution in [0.4, 0.5) is 8.78 Å². The van der Waals surface area contributed by atoms with Crippen LogP contribution in [0.3, 0.4) is 0 Å². The lowest BCUT2D eigenvalue weighted by Gasteiger charge is -2.06. The largest absolute Gasteiger partial charge is 0.265 e. The van der Waals surface area contributed by atoms with Gasteiger partial charge in [0.25, 0.3) is 0 Å². The van der Waals surface area contributed by atoms with Gasteiger partial charge in [-0.15, -0.1) is 0 Å². The van der Waals surface area contributed by atoms with Crippen molar-refractivity contribution in [1.82, 2.24) is 19.7 Å². The highest BCUT2D eigenvalue weighted by atomic mass is 35.5. The van der Waals surface area contributed by atoms with E-state index >= 15 is 0 Å². The minimum atomic E-state index is -0.966. The van der Waals surface area contributed by atoms with E-state index in [1.54, 1.807) is 36.1 Å². The maximum atomic E-state index is 13.5. The molecule has 0 aliphatic rings. The van der Waals surface area contributed by atoms with Crippen LogP contribution in [-0.4, -0.2) is 19.7 Å². The Bertz CT molecular complexity index is 1060. The fourth-order valence-electron chi connectivity index (χ4n) is 2.59. The number of benzene rings is 1. The minimum absolute atomic E-state index is 0.275. The van der Waals surface area contributed by atoms with Gasteiger partial charge in [0.15, 0.2) is 17.3 Å². The predicted molar refractivity (Wildman–Crippen MR) is 83.8 cm³/mol. The third kappa shape index (κ3) is 2.06. The van der Waals surface area contributed by atoms with Crippen LogP contribution < -0.4 is 0 Å². The zero-order valence-electron chi connectivity index (χ0n) is 11.9. The molecule has 0 bridgehead atoms. The molecular formula is C16H9ClF2N4. The summed E-state index contributed by atoms with van der Waals surface area (Å²) in [5, 5.41) is 5.72. The molecule has 0 saturated carbocycles. The summed E-state index contributed by atoms with van der Waals surface area (Å²) in [5.41, 5.74) is 2.17. The van der Waals surface area contributed by atoms with E-state index in [2.05, 4.69) is 15.1 Å². The molecule has 23 heavy (non-hydrogen) atoms. The van der Waals surface area contributed by atoms with Crippen molar-refractivity contribution in [2.45, 2.75) is 6.92 Å². The molecule has 0 aliphatic carbocycles. The molecule has 4 aromatic rings. The maximum Gasteiger partial charge on any atom is 0.165 e. The van der Waals surface area contributed by atoms with Crippen molar-refractivity contribution in [3.63, 3.8) is 0 Å². The van der Waals surface area contributed by atoms with Gasteiger partial charge >= 0.3 is 0 Å². The molecule has 0 N–H and O–H groups in total. The summed E-state index contributed by atoms with van der Waals surface area (Å²) in [6.45, 7) is 1.79. The molecule has 3 aromatic heterocycles. The Labute approximate surface area is 134 Å². The molecular weight excluding hydrogens is 322 g/mol. The van der Waals surface area contributed by atoms with Crippen LogP contribution >= 0.6 is 11.6 Å². The van der Waals surface area contributed by atoms with Crippen LogP contribution in [-0.2, 0) is 0 Å². The maximum absolute atomic E-state index is 13.5. The second-order valence-corrected chi connectivity index (χ2v) is 5.49. The first-order valence-corrected chi connectivity index (χ1v) is 7.18. The van der Waals surface area contributed by atoms with E-state index in [-0.39, 0.29) is 5.52 Å². The lowest BCUT2D eigenvalue weighted by atomic mass is 10.1. The average Bonchev–Trinajstić information content (AvgIpc) is 2.87. The third-order valence-electron chi connectivity index (χ3n) is 3.66. The summed E-state index contributed by atoms with van der Waals surface area (Å²) in [6.07, 6.45) is 3.27. The molecule has 0 atom stereocenters. The van der Waals surface area contributed by atoms with Gasteiger partial charge in [0.1, 0.15) is 0 Å². The second-order valence-electron chi connectivity index (χ2n) is 5.11. The molecule has 0 aliphatic heterocycles. The first-order valence-electron chi connectivity index (χ1n) is 6.80. The highest BCUT2D eigenvalue weighted by Crippen LogP contribution is 2.34. The van der Waals surface area contributed by atoms with E-state index in [0.29, 0.717) is 27.1 Å². The lowest BCUT2D eigenvalue weighted by molar-refractivity contribution is 0.510. The number of pyridine rings is 2. The molecule has 0 fully saturated rings. The quantitative estimate of drug-likeness (QED) is 0.525. The predicted octanol–water partition coefficient (Wildman–Crippen LogP) is 4.21. The molecule has 0 saturated heterocycles. The monoisotopic (exact) mass is 330 g/mol. The van der Waals surface area contributed by atoms with E-state index < -0.39 is 11.6 Å². The standard InChI is InChI=1S/C16H9ClF2N4/c1-8-14-15(17)10-6-11(18)12(19)7-13(10)21-16(14)23(22-8)9-2-4-20-5-3-9/h2-7H,1H3. The summed E-state index contributed by atoms with van der Waals surface area (Å²) in [4.78, 5) is 8.39. The van der Waals surface area contributed by atoms with Crippen LogP contribution in [0.15, 0.2) is 36.7 Å². The molecule has 1 aromatic carbocycles. The third-order valence-corrected chi connectivity index (χ3v) is 4.06. The van der Waals surface area contributed by atoms with Crippen LogP contribution in [0.1, 0.15) is 5.69 Å². The number of halogens is 3. The van der Waals surface area contributed by atoms with Crippen LogP contribution in [0.5, 0.6) is 0 Å². The van der Waals surface area contributed by atoms with Gasteiger partial charge in [-0.05, 0) is 25.1 Å². The first kappa shape index (κ1) is 14.0. The molecule has 0 unspecified atom stereocenters. The van der Waals surface area contributed by atoms with Crippen molar-refractivity contribution in [1.29, 1.82) is 0 Å². The Kier molecular flexibility index (Phi) is 3.02. The molecule has 114 valence electrons. The zero-order chi connectivity index (χ0) is 16.1. The van der Waals surface area contributed by atoms with Gasteiger partial charge in [0.2, 0.25) is 0 Å². The Hall–Kier alpha value is -2.60. The SMILES string of the molecule is Cc1nn(-c2ccncc2)c2nc3cc(F)c(F)cc3c(Cl)c12. The van der Waals surface area contributed by atoms with Crippen LogP contribution in [0, 0.1) is 18.6 Å². The Morgan fingerprint density at radius 1 is 1.09 bits per heavy atom. The molecule has 0 spiro atoms.